The number of carbonyl (C=O) groups is 1. The number of nitrogens with zero attached hydrogens (tertiary/aromatic N) is 4. The molecule has 3 heterocycles. The van der Waals surface area contributed by atoms with Gasteiger partial charge in [-0.05, 0) is 36.2 Å². The van der Waals surface area contributed by atoms with Crippen LogP contribution in [0, 0.1) is 0 Å². The minimum atomic E-state index is -0.177. The van der Waals surface area contributed by atoms with Gasteiger partial charge in [-0.3, -0.25) is 14.5 Å². The maximum Gasteiger partial charge on any atom is 0.231 e. The Balaban J connectivity index is 1.35. The van der Waals surface area contributed by atoms with Crippen molar-refractivity contribution >= 4 is 22.7 Å². The van der Waals surface area contributed by atoms with Gasteiger partial charge in [0.1, 0.15) is 5.69 Å². The largest absolute Gasteiger partial charge is 0.356 e. The summed E-state index contributed by atoms with van der Waals surface area (Å²) in [7, 11) is 0. The van der Waals surface area contributed by atoms with Crippen molar-refractivity contribution in [1.82, 2.24) is 19.9 Å². The van der Waals surface area contributed by atoms with Gasteiger partial charge in [-0.25, -0.2) is 0 Å². The van der Waals surface area contributed by atoms with Gasteiger partial charge >= 0.3 is 0 Å². The molecular weight excluding hydrogens is 330 g/mol. The second-order valence-electron chi connectivity index (χ2n) is 5.92. The van der Waals surface area contributed by atoms with Gasteiger partial charge < -0.3 is 9.84 Å². The minimum absolute atomic E-state index is 0.140. The standard InChI is InChI=1S/C19H17N5O2/c25-19(13-16-15-3-1-2-4-17(15)26-23-16)21-18-8-12-24(22-18)11-7-14-5-9-20-10-6-14/h1-6,8-10,12H,7,11,13H2,(H,21,22,25). The topological polar surface area (TPSA) is 85.8 Å². The van der Waals surface area contributed by atoms with E-state index in [0.717, 1.165) is 18.4 Å². The summed E-state index contributed by atoms with van der Waals surface area (Å²) in [5.41, 5.74) is 2.49. The van der Waals surface area contributed by atoms with Crippen LogP contribution in [0.15, 0.2) is 65.6 Å². The van der Waals surface area contributed by atoms with Crippen molar-refractivity contribution in [3.63, 3.8) is 0 Å². The minimum Gasteiger partial charge on any atom is -0.356 e. The molecule has 4 aromatic rings. The van der Waals surface area contributed by atoms with Crippen LogP contribution >= 0.6 is 0 Å². The summed E-state index contributed by atoms with van der Waals surface area (Å²) in [4.78, 5) is 16.3. The number of amides is 1. The summed E-state index contributed by atoms with van der Waals surface area (Å²) in [6.07, 6.45) is 6.39. The number of fused-ring (bicyclic) bond motifs is 1. The van der Waals surface area contributed by atoms with Crippen molar-refractivity contribution in [1.29, 1.82) is 0 Å². The molecule has 3 aromatic heterocycles. The fraction of sp³-hybridized carbons (Fsp3) is 0.158. The van der Waals surface area contributed by atoms with Crippen LogP contribution in [-0.2, 0) is 24.2 Å². The SMILES string of the molecule is O=C(Cc1noc2ccccc12)Nc1ccn(CCc2ccncc2)n1. The lowest BCUT2D eigenvalue weighted by molar-refractivity contribution is -0.115. The zero-order valence-corrected chi connectivity index (χ0v) is 14.0. The number of aryl methyl sites for hydroxylation is 2. The zero-order valence-electron chi connectivity index (χ0n) is 14.0. The molecule has 1 amide bonds. The van der Waals surface area contributed by atoms with E-state index in [0.29, 0.717) is 17.1 Å². The average molecular weight is 347 g/mol. The summed E-state index contributed by atoms with van der Waals surface area (Å²) in [6.45, 7) is 0.730. The molecule has 0 atom stereocenters. The lowest BCUT2D eigenvalue weighted by Gasteiger charge is -2.02. The van der Waals surface area contributed by atoms with Gasteiger partial charge in [-0.1, -0.05) is 17.3 Å². The van der Waals surface area contributed by atoms with E-state index in [-0.39, 0.29) is 12.3 Å². The number of aromatic nitrogens is 4. The van der Waals surface area contributed by atoms with E-state index in [1.165, 1.54) is 5.56 Å². The molecule has 7 heteroatoms. The smallest absolute Gasteiger partial charge is 0.231 e. The second-order valence-corrected chi connectivity index (χ2v) is 5.92. The van der Waals surface area contributed by atoms with Crippen molar-refractivity contribution in [3.8, 4) is 0 Å². The van der Waals surface area contributed by atoms with Crippen molar-refractivity contribution in [2.75, 3.05) is 5.32 Å². The van der Waals surface area contributed by atoms with Gasteiger partial charge in [-0.2, -0.15) is 5.10 Å². The van der Waals surface area contributed by atoms with E-state index in [4.69, 9.17) is 4.52 Å². The number of anilines is 1. The molecular formula is C19H17N5O2. The molecule has 1 aromatic carbocycles. The van der Waals surface area contributed by atoms with Gasteiger partial charge in [0.25, 0.3) is 0 Å². The highest BCUT2D eigenvalue weighted by Gasteiger charge is 2.13. The van der Waals surface area contributed by atoms with E-state index in [1.807, 2.05) is 47.3 Å². The van der Waals surface area contributed by atoms with Crippen LogP contribution < -0.4 is 5.32 Å². The average Bonchev–Trinajstić information content (AvgIpc) is 3.28. The van der Waals surface area contributed by atoms with E-state index in [9.17, 15) is 4.79 Å². The normalized spacial score (nSPS) is 10.9. The fourth-order valence-corrected chi connectivity index (χ4v) is 2.75. The number of para-hydroxylation sites is 1. The molecule has 0 unspecified atom stereocenters. The number of nitrogens with one attached hydrogen (secondary N) is 1. The van der Waals surface area contributed by atoms with E-state index in [1.54, 1.807) is 18.5 Å². The molecule has 0 saturated heterocycles. The Morgan fingerprint density at radius 3 is 2.85 bits per heavy atom. The second kappa shape index (κ2) is 7.18. The fourth-order valence-electron chi connectivity index (χ4n) is 2.75. The molecule has 0 aliphatic rings. The lowest BCUT2D eigenvalue weighted by Crippen LogP contribution is -2.15. The van der Waals surface area contributed by atoms with Crippen LogP contribution in [-0.4, -0.2) is 25.8 Å². The van der Waals surface area contributed by atoms with Gasteiger partial charge in [0.2, 0.25) is 5.91 Å². The number of hydrogen-bond acceptors (Lipinski definition) is 5. The van der Waals surface area contributed by atoms with Crippen molar-refractivity contribution in [2.24, 2.45) is 0 Å². The predicted molar refractivity (Wildman–Crippen MR) is 96.5 cm³/mol. The Morgan fingerprint density at radius 2 is 1.96 bits per heavy atom. The van der Waals surface area contributed by atoms with Crippen LogP contribution in [0.2, 0.25) is 0 Å². The summed E-state index contributed by atoms with van der Waals surface area (Å²) in [5, 5.41) is 12.0. The van der Waals surface area contributed by atoms with Crippen LogP contribution in [0.4, 0.5) is 5.82 Å². The van der Waals surface area contributed by atoms with Gasteiger partial charge in [0.15, 0.2) is 11.4 Å². The molecule has 0 fully saturated rings. The van der Waals surface area contributed by atoms with Crippen LogP contribution in [0.5, 0.6) is 0 Å². The molecule has 130 valence electrons. The Morgan fingerprint density at radius 1 is 1.12 bits per heavy atom. The first-order valence-corrected chi connectivity index (χ1v) is 8.33. The summed E-state index contributed by atoms with van der Waals surface area (Å²) < 4.78 is 7.03. The number of hydrogen-bond donors (Lipinski definition) is 1. The van der Waals surface area contributed by atoms with E-state index >= 15 is 0 Å². The first-order valence-electron chi connectivity index (χ1n) is 8.33. The van der Waals surface area contributed by atoms with E-state index < -0.39 is 0 Å². The molecule has 0 radical (unpaired) electrons. The van der Waals surface area contributed by atoms with Gasteiger partial charge in [0, 0.05) is 36.6 Å². The number of carbonyl (C=O) groups excluding carboxylic acids is 1. The molecule has 7 nitrogen and oxygen atoms in total. The molecule has 0 spiro atoms. The lowest BCUT2D eigenvalue weighted by atomic mass is 10.1. The van der Waals surface area contributed by atoms with Gasteiger partial charge in [-0.15, -0.1) is 0 Å². The highest BCUT2D eigenvalue weighted by molar-refractivity contribution is 5.93. The van der Waals surface area contributed by atoms with E-state index in [2.05, 4.69) is 20.6 Å². The van der Waals surface area contributed by atoms with Gasteiger partial charge in [0.05, 0.1) is 6.42 Å². The Bertz CT molecular complexity index is 1020. The number of pyridine rings is 1. The Labute approximate surface area is 149 Å². The van der Waals surface area contributed by atoms with Crippen molar-refractivity contribution < 1.29 is 9.32 Å². The summed E-state index contributed by atoms with van der Waals surface area (Å²) >= 11 is 0. The third-order valence-electron chi connectivity index (χ3n) is 4.07. The highest BCUT2D eigenvalue weighted by Crippen LogP contribution is 2.18. The molecule has 0 aliphatic heterocycles. The first-order chi connectivity index (χ1) is 12.8. The van der Waals surface area contributed by atoms with Crippen LogP contribution in [0.1, 0.15) is 11.3 Å². The molecule has 0 aliphatic carbocycles. The zero-order chi connectivity index (χ0) is 17.8. The molecule has 0 bridgehead atoms. The number of benzene rings is 1. The molecule has 4 rings (SSSR count). The maximum absolute atomic E-state index is 12.3. The monoisotopic (exact) mass is 347 g/mol. The number of rotatable bonds is 6. The van der Waals surface area contributed by atoms with Crippen LogP contribution in [0.25, 0.3) is 11.0 Å². The third-order valence-corrected chi connectivity index (χ3v) is 4.07. The molecule has 26 heavy (non-hydrogen) atoms. The summed E-state index contributed by atoms with van der Waals surface area (Å²) in [6, 6.07) is 13.2. The quantitative estimate of drug-likeness (QED) is 0.580. The molecule has 1 N–H and O–H groups in total. The summed E-state index contributed by atoms with van der Waals surface area (Å²) in [5.74, 6) is 0.348. The van der Waals surface area contributed by atoms with Crippen molar-refractivity contribution in [3.05, 3.63) is 72.3 Å². The Hall–Kier alpha value is -3.48. The Kier molecular flexibility index (Phi) is 4.42. The molecule has 0 saturated carbocycles. The van der Waals surface area contributed by atoms with Crippen LogP contribution in [0.3, 0.4) is 0 Å². The highest BCUT2D eigenvalue weighted by atomic mass is 16.5. The van der Waals surface area contributed by atoms with Crippen molar-refractivity contribution in [2.45, 2.75) is 19.4 Å². The predicted octanol–water partition coefficient (Wildman–Crippen LogP) is 2.84. The maximum atomic E-state index is 12.3. The third kappa shape index (κ3) is 3.61. The first kappa shape index (κ1) is 16.0.